The van der Waals surface area contributed by atoms with Crippen molar-refractivity contribution in [2.24, 2.45) is 5.92 Å². The fourth-order valence-electron chi connectivity index (χ4n) is 4.58. The van der Waals surface area contributed by atoms with E-state index in [4.69, 9.17) is 0 Å². The molecule has 5 nitrogen and oxygen atoms in total. The van der Waals surface area contributed by atoms with Crippen molar-refractivity contribution in [3.63, 3.8) is 0 Å². The zero-order valence-electron chi connectivity index (χ0n) is 22.9. The molecule has 2 unspecified atom stereocenters. The summed E-state index contributed by atoms with van der Waals surface area (Å²) in [5, 5.41) is 13.3. The van der Waals surface area contributed by atoms with Crippen LogP contribution in [-0.4, -0.2) is 20.7 Å². The predicted octanol–water partition coefficient (Wildman–Crippen LogP) is 7.62. The summed E-state index contributed by atoms with van der Waals surface area (Å²) in [6, 6.07) is 24.6. The Labute approximate surface area is 235 Å². The Morgan fingerprint density at radius 3 is 2.33 bits per heavy atom. The van der Waals surface area contributed by atoms with Gasteiger partial charge >= 0.3 is 0 Å². The number of hydrogen-bond donors (Lipinski definition) is 1. The van der Waals surface area contributed by atoms with Gasteiger partial charge in [0, 0.05) is 17.4 Å². The average molecular weight is 545 g/mol. The Hall–Kier alpha value is -3.45. The van der Waals surface area contributed by atoms with Gasteiger partial charge in [0.05, 0.1) is 6.04 Å². The highest BCUT2D eigenvalue weighted by molar-refractivity contribution is 7.98. The molecule has 1 aromatic heterocycles. The summed E-state index contributed by atoms with van der Waals surface area (Å²) in [5.74, 6) is 1.09. The minimum Gasteiger partial charge on any atom is -0.345 e. The highest BCUT2D eigenvalue weighted by Crippen LogP contribution is 2.30. The van der Waals surface area contributed by atoms with Gasteiger partial charge < -0.3 is 5.32 Å². The van der Waals surface area contributed by atoms with Gasteiger partial charge in [0.1, 0.15) is 5.82 Å². The van der Waals surface area contributed by atoms with Crippen molar-refractivity contribution in [1.82, 2.24) is 20.1 Å². The van der Waals surface area contributed by atoms with Gasteiger partial charge in [-0.25, -0.2) is 4.39 Å². The lowest BCUT2D eigenvalue weighted by Gasteiger charge is -2.23. The van der Waals surface area contributed by atoms with Crippen molar-refractivity contribution in [1.29, 1.82) is 0 Å². The van der Waals surface area contributed by atoms with E-state index in [1.807, 2.05) is 18.2 Å². The van der Waals surface area contributed by atoms with Gasteiger partial charge in [-0.05, 0) is 61.6 Å². The topological polar surface area (TPSA) is 59.8 Å². The number of thioether (sulfide) groups is 1. The first-order chi connectivity index (χ1) is 19.0. The molecule has 0 bridgehead atoms. The van der Waals surface area contributed by atoms with E-state index >= 15 is 0 Å². The van der Waals surface area contributed by atoms with E-state index in [-0.39, 0.29) is 23.7 Å². The third-order valence-corrected chi connectivity index (χ3v) is 7.91. The molecule has 1 amide bonds. The number of nitrogens with one attached hydrogen (secondary N) is 1. The molecule has 0 saturated carbocycles. The summed E-state index contributed by atoms with van der Waals surface area (Å²) in [5.41, 5.74) is 4.21. The average Bonchev–Trinajstić information content (AvgIpc) is 3.37. The number of benzene rings is 3. The number of amides is 1. The zero-order chi connectivity index (χ0) is 27.6. The Kier molecular flexibility index (Phi) is 10.3. The second-order valence-corrected chi connectivity index (χ2v) is 10.9. The lowest BCUT2D eigenvalue weighted by molar-refractivity contribution is -0.126. The van der Waals surface area contributed by atoms with E-state index in [0.29, 0.717) is 18.0 Å². The molecule has 0 aliphatic carbocycles. The van der Waals surface area contributed by atoms with Crippen LogP contribution in [0.4, 0.5) is 4.39 Å². The van der Waals surface area contributed by atoms with E-state index in [0.717, 1.165) is 53.2 Å². The molecule has 0 aliphatic rings. The predicted molar refractivity (Wildman–Crippen MR) is 156 cm³/mol. The Morgan fingerprint density at radius 1 is 0.949 bits per heavy atom. The van der Waals surface area contributed by atoms with Crippen LogP contribution < -0.4 is 5.32 Å². The number of carbonyl (C=O) groups is 1. The summed E-state index contributed by atoms with van der Waals surface area (Å²) in [4.78, 5) is 13.5. The van der Waals surface area contributed by atoms with E-state index in [1.54, 1.807) is 23.9 Å². The molecule has 39 heavy (non-hydrogen) atoms. The molecular formula is C32H37FN4OS. The highest BCUT2D eigenvalue weighted by atomic mass is 32.2. The third-order valence-electron chi connectivity index (χ3n) is 6.91. The zero-order valence-corrected chi connectivity index (χ0v) is 23.8. The maximum atomic E-state index is 13.5. The van der Waals surface area contributed by atoms with E-state index in [2.05, 4.69) is 77.3 Å². The smallest absolute Gasteiger partial charge is 0.223 e. The minimum absolute atomic E-state index is 0.0358. The number of carbonyl (C=O) groups excluding carboxylic acids is 1. The first-order valence-electron chi connectivity index (χ1n) is 13.7. The monoisotopic (exact) mass is 544 g/mol. The van der Waals surface area contributed by atoms with Gasteiger partial charge in [-0.3, -0.25) is 9.36 Å². The van der Waals surface area contributed by atoms with Crippen LogP contribution in [0.25, 0.3) is 5.69 Å². The first-order valence-corrected chi connectivity index (χ1v) is 14.7. The summed E-state index contributed by atoms with van der Waals surface area (Å²) in [6.07, 6.45) is 4.36. The molecule has 0 aliphatic heterocycles. The van der Waals surface area contributed by atoms with Gasteiger partial charge in [0.25, 0.3) is 0 Å². The molecule has 2 atom stereocenters. The molecular weight excluding hydrogens is 507 g/mol. The maximum Gasteiger partial charge on any atom is 0.223 e. The molecule has 3 aromatic carbocycles. The molecule has 4 rings (SSSR count). The molecule has 0 radical (unpaired) electrons. The van der Waals surface area contributed by atoms with Crippen molar-refractivity contribution >= 4 is 17.7 Å². The number of aromatic nitrogens is 3. The Bertz CT molecular complexity index is 1320. The van der Waals surface area contributed by atoms with Gasteiger partial charge in [-0.15, -0.1) is 10.2 Å². The normalized spacial score (nSPS) is 12.7. The molecule has 0 spiro atoms. The van der Waals surface area contributed by atoms with Crippen LogP contribution in [0.5, 0.6) is 0 Å². The van der Waals surface area contributed by atoms with Crippen molar-refractivity contribution in [3.05, 3.63) is 107 Å². The summed E-state index contributed by atoms with van der Waals surface area (Å²) >= 11 is 1.54. The van der Waals surface area contributed by atoms with E-state index < -0.39 is 0 Å². The van der Waals surface area contributed by atoms with Crippen LogP contribution in [0.3, 0.4) is 0 Å². The molecule has 4 aromatic rings. The van der Waals surface area contributed by atoms with Crippen LogP contribution >= 0.6 is 11.8 Å². The van der Waals surface area contributed by atoms with Crippen LogP contribution in [0.2, 0.25) is 0 Å². The maximum absolute atomic E-state index is 13.5. The number of halogens is 1. The second kappa shape index (κ2) is 14.1. The van der Waals surface area contributed by atoms with E-state index in [9.17, 15) is 9.18 Å². The van der Waals surface area contributed by atoms with Gasteiger partial charge in [0.2, 0.25) is 5.91 Å². The largest absolute Gasteiger partial charge is 0.345 e. The molecule has 204 valence electrons. The summed E-state index contributed by atoms with van der Waals surface area (Å²) < 4.78 is 15.5. The van der Waals surface area contributed by atoms with Crippen molar-refractivity contribution in [2.75, 3.05) is 0 Å². The molecule has 0 fully saturated rings. The minimum atomic E-state index is -0.357. The second-order valence-electron chi connectivity index (χ2n) is 9.93. The molecule has 1 heterocycles. The van der Waals surface area contributed by atoms with Crippen molar-refractivity contribution in [2.45, 2.75) is 69.8 Å². The molecule has 7 heteroatoms. The fraction of sp³-hybridized carbons (Fsp3) is 0.344. The quantitative estimate of drug-likeness (QED) is 0.176. The van der Waals surface area contributed by atoms with Gasteiger partial charge in [-0.1, -0.05) is 98.6 Å². The van der Waals surface area contributed by atoms with Gasteiger partial charge in [-0.2, -0.15) is 0 Å². The third kappa shape index (κ3) is 7.79. The van der Waals surface area contributed by atoms with Crippen LogP contribution in [0.1, 0.15) is 68.1 Å². The number of hydrogen-bond acceptors (Lipinski definition) is 4. The standard InChI is InChI=1S/C32H37FN4OS/c1-4-6-12-26(5-2)31(38)34-29(21-24-10-8-7-9-11-24)30-35-36-32(37(30)28-19-13-23(3)14-20-28)39-22-25-15-17-27(33)18-16-25/h7-11,13-20,26,29H,4-6,12,21-22H2,1-3H3,(H,34,38). The van der Waals surface area contributed by atoms with E-state index in [1.165, 1.54) is 12.1 Å². The highest BCUT2D eigenvalue weighted by Gasteiger charge is 2.27. The molecule has 0 saturated heterocycles. The number of unbranched alkanes of at least 4 members (excludes halogenated alkanes) is 1. The van der Waals surface area contributed by atoms with Crippen LogP contribution in [0, 0.1) is 18.7 Å². The number of aryl methyl sites for hydroxylation is 1. The lowest BCUT2D eigenvalue weighted by atomic mass is 9.97. The lowest BCUT2D eigenvalue weighted by Crippen LogP contribution is -2.36. The summed E-state index contributed by atoms with van der Waals surface area (Å²) in [6.45, 7) is 6.28. The SMILES string of the molecule is CCCCC(CC)C(=O)NC(Cc1ccccc1)c1nnc(SCc2ccc(F)cc2)n1-c1ccc(C)cc1. The first kappa shape index (κ1) is 28.6. The number of rotatable bonds is 13. The summed E-state index contributed by atoms with van der Waals surface area (Å²) in [7, 11) is 0. The van der Waals surface area contributed by atoms with Crippen LogP contribution in [-0.2, 0) is 17.0 Å². The fourth-order valence-corrected chi connectivity index (χ4v) is 5.50. The molecule has 1 N–H and O–H groups in total. The van der Waals surface area contributed by atoms with Crippen LogP contribution in [0.15, 0.2) is 84.0 Å². The Morgan fingerprint density at radius 2 is 1.67 bits per heavy atom. The van der Waals surface area contributed by atoms with Gasteiger partial charge in [0.15, 0.2) is 11.0 Å². The van der Waals surface area contributed by atoms with Crippen molar-refractivity contribution < 1.29 is 9.18 Å². The van der Waals surface area contributed by atoms with Crippen molar-refractivity contribution in [3.8, 4) is 5.69 Å². The number of nitrogens with zero attached hydrogens (tertiary/aromatic N) is 3. The Balaban J connectivity index is 1.71.